The van der Waals surface area contributed by atoms with Crippen molar-refractivity contribution in [2.24, 2.45) is 0 Å². The first-order valence-electron chi connectivity index (χ1n) is 5.83. The first-order chi connectivity index (χ1) is 9.22. The van der Waals surface area contributed by atoms with E-state index in [1.54, 1.807) is 7.11 Å². The zero-order valence-corrected chi connectivity index (χ0v) is 12.9. The van der Waals surface area contributed by atoms with Crippen molar-refractivity contribution in [3.63, 3.8) is 0 Å². The number of methoxy groups -OCH3 is 1. The molecule has 0 saturated carbocycles. The fraction of sp³-hybridized carbons (Fsp3) is 0.200. The Hall–Kier alpha value is -1.19. The van der Waals surface area contributed by atoms with Crippen LogP contribution < -0.4 is 9.47 Å². The molecule has 2 nitrogen and oxygen atoms in total. The van der Waals surface area contributed by atoms with Crippen molar-refractivity contribution in [1.29, 1.82) is 0 Å². The highest BCUT2D eigenvalue weighted by Crippen LogP contribution is 2.29. The third-order valence-electron chi connectivity index (χ3n) is 2.69. The molecule has 0 N–H and O–H groups in total. The molecule has 0 aliphatic rings. The maximum Gasteiger partial charge on any atom is 0.161 e. The van der Waals surface area contributed by atoms with Crippen molar-refractivity contribution in [2.45, 2.75) is 11.9 Å². The van der Waals surface area contributed by atoms with E-state index in [2.05, 4.69) is 15.9 Å². The third kappa shape index (κ3) is 3.88. The van der Waals surface area contributed by atoms with Crippen molar-refractivity contribution in [1.82, 2.24) is 0 Å². The van der Waals surface area contributed by atoms with Crippen LogP contribution >= 0.6 is 27.5 Å². The zero-order chi connectivity index (χ0) is 13.7. The summed E-state index contributed by atoms with van der Waals surface area (Å²) >= 11 is 9.26. The maximum atomic E-state index is 5.84. The van der Waals surface area contributed by atoms with E-state index in [4.69, 9.17) is 21.1 Å². The summed E-state index contributed by atoms with van der Waals surface area (Å²) < 4.78 is 11.1. The molecule has 0 amide bonds. The molecule has 0 heterocycles. The van der Waals surface area contributed by atoms with Gasteiger partial charge in [-0.05, 0) is 35.4 Å². The molecule has 0 unspecified atom stereocenters. The highest BCUT2D eigenvalue weighted by atomic mass is 79.9. The highest BCUT2D eigenvalue weighted by molar-refractivity contribution is 9.08. The van der Waals surface area contributed by atoms with Gasteiger partial charge in [-0.2, -0.15) is 0 Å². The maximum absolute atomic E-state index is 5.84. The lowest BCUT2D eigenvalue weighted by Gasteiger charge is -2.11. The second kappa shape index (κ2) is 6.83. The van der Waals surface area contributed by atoms with E-state index in [1.165, 1.54) is 0 Å². The minimum absolute atomic E-state index is 0.487. The van der Waals surface area contributed by atoms with Crippen molar-refractivity contribution in [3.05, 3.63) is 58.6 Å². The molecule has 0 aliphatic carbocycles. The predicted octanol–water partition coefficient (Wildman–Crippen LogP) is 4.82. The van der Waals surface area contributed by atoms with E-state index >= 15 is 0 Å². The Morgan fingerprint density at radius 1 is 1.00 bits per heavy atom. The molecule has 0 bridgehead atoms. The lowest BCUT2D eigenvalue weighted by atomic mass is 10.2. The van der Waals surface area contributed by atoms with Crippen molar-refractivity contribution < 1.29 is 9.47 Å². The molecule has 0 saturated heterocycles. The molecule has 0 aliphatic heterocycles. The normalized spacial score (nSPS) is 10.3. The molecule has 2 aromatic carbocycles. The van der Waals surface area contributed by atoms with Crippen LogP contribution in [0.25, 0.3) is 0 Å². The minimum atomic E-state index is 0.487. The average molecular weight is 342 g/mol. The predicted molar refractivity (Wildman–Crippen MR) is 81.4 cm³/mol. The number of hydrogen-bond acceptors (Lipinski definition) is 2. The largest absolute Gasteiger partial charge is 0.493 e. The summed E-state index contributed by atoms with van der Waals surface area (Å²) in [5.41, 5.74) is 2.21. The summed E-state index contributed by atoms with van der Waals surface area (Å²) in [7, 11) is 1.64. The lowest BCUT2D eigenvalue weighted by molar-refractivity contribution is 0.284. The van der Waals surface area contributed by atoms with Crippen LogP contribution in [0.1, 0.15) is 11.1 Å². The van der Waals surface area contributed by atoms with Crippen LogP contribution in [-0.2, 0) is 11.9 Å². The Balaban J connectivity index is 2.08. The fourth-order valence-electron chi connectivity index (χ4n) is 1.66. The van der Waals surface area contributed by atoms with Gasteiger partial charge in [0, 0.05) is 10.4 Å². The van der Waals surface area contributed by atoms with E-state index in [-0.39, 0.29) is 0 Å². The molecule has 0 atom stereocenters. The Morgan fingerprint density at radius 3 is 2.32 bits per heavy atom. The second-order valence-electron chi connectivity index (χ2n) is 4.03. The summed E-state index contributed by atoms with van der Waals surface area (Å²) in [6, 6.07) is 13.5. The van der Waals surface area contributed by atoms with Crippen LogP contribution in [0.3, 0.4) is 0 Å². The van der Waals surface area contributed by atoms with Crippen LogP contribution in [0.5, 0.6) is 11.5 Å². The molecule has 0 fully saturated rings. The van der Waals surface area contributed by atoms with Gasteiger partial charge in [-0.1, -0.05) is 45.7 Å². The smallest absolute Gasteiger partial charge is 0.161 e. The van der Waals surface area contributed by atoms with Crippen molar-refractivity contribution in [2.75, 3.05) is 7.11 Å². The lowest BCUT2D eigenvalue weighted by Crippen LogP contribution is -1.98. The molecule has 100 valence electrons. The van der Waals surface area contributed by atoms with Crippen molar-refractivity contribution in [3.8, 4) is 11.5 Å². The standard InChI is InChI=1S/C15H14BrClO2/c1-18-15-8-12(9-16)4-7-14(15)19-10-11-2-5-13(17)6-3-11/h2-8H,9-10H2,1H3. The highest BCUT2D eigenvalue weighted by Gasteiger charge is 2.05. The van der Waals surface area contributed by atoms with E-state index in [1.807, 2.05) is 42.5 Å². The van der Waals surface area contributed by atoms with Gasteiger partial charge < -0.3 is 9.47 Å². The van der Waals surface area contributed by atoms with E-state index in [9.17, 15) is 0 Å². The average Bonchev–Trinajstić information content (AvgIpc) is 2.46. The Kier molecular flexibility index (Phi) is 5.11. The van der Waals surface area contributed by atoms with Crippen LogP contribution in [0.4, 0.5) is 0 Å². The molecule has 0 radical (unpaired) electrons. The number of ether oxygens (including phenoxy) is 2. The van der Waals surface area contributed by atoms with Crippen LogP contribution in [0.2, 0.25) is 5.02 Å². The molecule has 19 heavy (non-hydrogen) atoms. The minimum Gasteiger partial charge on any atom is -0.493 e. The molecule has 0 aromatic heterocycles. The number of hydrogen-bond donors (Lipinski definition) is 0. The van der Waals surface area contributed by atoms with Gasteiger partial charge in [0.2, 0.25) is 0 Å². The van der Waals surface area contributed by atoms with Gasteiger partial charge >= 0.3 is 0 Å². The quantitative estimate of drug-likeness (QED) is 0.726. The molecular formula is C15H14BrClO2. The SMILES string of the molecule is COc1cc(CBr)ccc1OCc1ccc(Cl)cc1. The summed E-state index contributed by atoms with van der Waals surface area (Å²) in [6.45, 7) is 0.487. The summed E-state index contributed by atoms with van der Waals surface area (Å²) in [5.74, 6) is 1.48. The van der Waals surface area contributed by atoms with Crippen molar-refractivity contribution >= 4 is 27.5 Å². The van der Waals surface area contributed by atoms with Gasteiger partial charge in [0.15, 0.2) is 11.5 Å². The Bertz CT molecular complexity index is 540. The topological polar surface area (TPSA) is 18.5 Å². The number of benzene rings is 2. The fourth-order valence-corrected chi connectivity index (χ4v) is 2.13. The zero-order valence-electron chi connectivity index (χ0n) is 10.5. The first-order valence-corrected chi connectivity index (χ1v) is 7.33. The van der Waals surface area contributed by atoms with Gasteiger partial charge in [0.25, 0.3) is 0 Å². The van der Waals surface area contributed by atoms with E-state index in [0.29, 0.717) is 6.61 Å². The van der Waals surface area contributed by atoms with Crippen LogP contribution in [-0.4, -0.2) is 7.11 Å². The van der Waals surface area contributed by atoms with Crippen LogP contribution in [0.15, 0.2) is 42.5 Å². The second-order valence-corrected chi connectivity index (χ2v) is 5.03. The van der Waals surface area contributed by atoms with Crippen LogP contribution in [0, 0.1) is 0 Å². The van der Waals surface area contributed by atoms with E-state index < -0.39 is 0 Å². The third-order valence-corrected chi connectivity index (χ3v) is 3.59. The molecule has 2 rings (SSSR count). The number of halogens is 2. The number of alkyl halides is 1. The molecular weight excluding hydrogens is 328 g/mol. The Labute approximate surface area is 126 Å². The van der Waals surface area contributed by atoms with E-state index in [0.717, 1.165) is 33.0 Å². The molecule has 0 spiro atoms. The van der Waals surface area contributed by atoms with Gasteiger partial charge in [0.1, 0.15) is 6.61 Å². The molecule has 4 heteroatoms. The Morgan fingerprint density at radius 2 is 1.68 bits per heavy atom. The molecule has 2 aromatic rings. The summed E-state index contributed by atoms with van der Waals surface area (Å²) in [4.78, 5) is 0. The monoisotopic (exact) mass is 340 g/mol. The summed E-state index contributed by atoms with van der Waals surface area (Å²) in [5, 5.41) is 1.52. The van der Waals surface area contributed by atoms with Gasteiger partial charge in [0.05, 0.1) is 7.11 Å². The van der Waals surface area contributed by atoms with Gasteiger partial charge in [-0.15, -0.1) is 0 Å². The first kappa shape index (κ1) is 14.2. The number of rotatable bonds is 5. The van der Waals surface area contributed by atoms with Gasteiger partial charge in [-0.25, -0.2) is 0 Å². The van der Waals surface area contributed by atoms with Gasteiger partial charge in [-0.3, -0.25) is 0 Å². The summed E-state index contributed by atoms with van der Waals surface area (Å²) in [6.07, 6.45) is 0.